The Kier molecular flexibility index (Phi) is 9.56. The van der Waals surface area contributed by atoms with Crippen LogP contribution in [0, 0.1) is 29.1 Å². The largest absolute Gasteiger partial charge is 0.493 e. The monoisotopic (exact) mass is 580 g/mol. The van der Waals surface area contributed by atoms with Crippen LogP contribution in [-0.4, -0.2) is 6.61 Å². The minimum absolute atomic E-state index is 0.0446. The summed E-state index contributed by atoms with van der Waals surface area (Å²) in [5.74, 6) is -5.67. The fourth-order valence-corrected chi connectivity index (χ4v) is 4.81. The third-order valence-corrected chi connectivity index (χ3v) is 6.92. The first-order valence-corrected chi connectivity index (χ1v) is 13.4. The number of alkyl halides is 3. The molecule has 0 amide bonds. The first-order valence-electron chi connectivity index (χ1n) is 13.4. The summed E-state index contributed by atoms with van der Waals surface area (Å²) in [5, 5.41) is 0.515. The van der Waals surface area contributed by atoms with E-state index in [2.05, 4.69) is 6.92 Å². The van der Waals surface area contributed by atoms with Crippen LogP contribution in [0.3, 0.4) is 0 Å². The summed E-state index contributed by atoms with van der Waals surface area (Å²) < 4.78 is 117. The minimum atomic E-state index is -5.18. The molecule has 1 nitrogen and oxygen atoms in total. The van der Waals surface area contributed by atoms with Gasteiger partial charge in [0.15, 0.2) is 0 Å². The topological polar surface area (TPSA) is 9.23 Å². The second kappa shape index (κ2) is 12.9. The Balaban J connectivity index is 1.49. The number of halogens is 8. The number of hydrogen-bond acceptors (Lipinski definition) is 1. The van der Waals surface area contributed by atoms with E-state index in [4.69, 9.17) is 4.74 Å². The smallest absolute Gasteiger partial charge is 0.422 e. The van der Waals surface area contributed by atoms with Gasteiger partial charge in [0.2, 0.25) is 0 Å². The highest BCUT2D eigenvalue weighted by molar-refractivity contribution is 5.88. The van der Waals surface area contributed by atoms with Crippen LogP contribution in [0.2, 0.25) is 0 Å². The predicted octanol–water partition coefficient (Wildman–Crippen LogP) is 10.4. The summed E-state index contributed by atoms with van der Waals surface area (Å²) in [7, 11) is 0. The number of rotatable bonds is 11. The number of benzene rings is 4. The van der Waals surface area contributed by atoms with E-state index in [1.165, 1.54) is 30.3 Å². The van der Waals surface area contributed by atoms with Gasteiger partial charge >= 0.3 is 6.18 Å². The average Bonchev–Trinajstić information content (AvgIpc) is 2.89. The van der Waals surface area contributed by atoms with Crippen molar-refractivity contribution in [1.82, 2.24) is 0 Å². The molecule has 4 aromatic carbocycles. The quantitative estimate of drug-likeness (QED) is 0.127. The lowest BCUT2D eigenvalue weighted by Crippen LogP contribution is -2.12. The molecule has 0 fully saturated rings. The zero-order valence-corrected chi connectivity index (χ0v) is 22.3. The third kappa shape index (κ3) is 7.18. The van der Waals surface area contributed by atoms with Gasteiger partial charge in [-0.25, -0.2) is 22.0 Å². The Morgan fingerprint density at radius 1 is 0.683 bits per heavy atom. The molecule has 0 saturated heterocycles. The van der Waals surface area contributed by atoms with Gasteiger partial charge in [-0.05, 0) is 59.5 Å². The number of unbranched alkanes of at least 4 members (excludes halogenated alkanes) is 4. The van der Waals surface area contributed by atoms with Crippen molar-refractivity contribution in [1.29, 1.82) is 0 Å². The Morgan fingerprint density at radius 2 is 1.34 bits per heavy atom. The van der Waals surface area contributed by atoms with Crippen molar-refractivity contribution in [3.8, 4) is 16.9 Å². The van der Waals surface area contributed by atoms with Crippen LogP contribution in [-0.2, 0) is 19.0 Å². The normalized spacial score (nSPS) is 11.8. The van der Waals surface area contributed by atoms with Gasteiger partial charge in [-0.1, -0.05) is 56.9 Å². The molecule has 0 atom stereocenters. The van der Waals surface area contributed by atoms with Crippen LogP contribution in [0.1, 0.15) is 55.7 Å². The first kappa shape index (κ1) is 30.3. The van der Waals surface area contributed by atoms with Crippen LogP contribution in [0.15, 0.2) is 54.6 Å². The average molecular weight is 581 g/mol. The van der Waals surface area contributed by atoms with Gasteiger partial charge in [0.25, 0.3) is 0 Å². The first-order chi connectivity index (χ1) is 19.5. The molecule has 41 heavy (non-hydrogen) atoms. The molecule has 0 radical (unpaired) electrons. The van der Waals surface area contributed by atoms with Crippen molar-refractivity contribution in [2.45, 2.75) is 58.0 Å². The highest BCUT2D eigenvalue weighted by atomic mass is 19.4. The van der Waals surface area contributed by atoms with Gasteiger partial charge in [0, 0.05) is 17.5 Å². The van der Waals surface area contributed by atoms with Crippen molar-refractivity contribution in [3.63, 3.8) is 0 Å². The molecule has 0 aromatic heterocycles. The number of hydrogen-bond donors (Lipinski definition) is 0. The summed E-state index contributed by atoms with van der Waals surface area (Å²) in [6.07, 6.45) is -0.277. The molecule has 4 aromatic rings. The summed E-state index contributed by atoms with van der Waals surface area (Å²) in [4.78, 5) is 0. The highest BCUT2D eigenvalue weighted by Crippen LogP contribution is 2.35. The summed E-state index contributed by atoms with van der Waals surface area (Å²) in [5.41, 5.74) is -1.95. The minimum Gasteiger partial charge on any atom is -0.493 e. The van der Waals surface area contributed by atoms with E-state index in [0.29, 0.717) is 24.1 Å². The Bertz CT molecular complexity index is 1480. The highest BCUT2D eigenvalue weighted by Gasteiger charge is 2.37. The van der Waals surface area contributed by atoms with Crippen molar-refractivity contribution >= 4 is 10.8 Å². The fraction of sp³-hybridized carbons (Fsp3) is 0.312. The molecule has 218 valence electrons. The van der Waals surface area contributed by atoms with E-state index in [1.807, 2.05) is 0 Å². The molecule has 0 N–H and O–H groups in total. The van der Waals surface area contributed by atoms with Gasteiger partial charge in [-0.3, -0.25) is 0 Å². The zero-order valence-electron chi connectivity index (χ0n) is 22.3. The zero-order chi connectivity index (χ0) is 29.7. The van der Waals surface area contributed by atoms with E-state index < -0.39 is 40.8 Å². The van der Waals surface area contributed by atoms with Gasteiger partial charge in [-0.2, -0.15) is 13.2 Å². The predicted molar refractivity (Wildman–Crippen MR) is 142 cm³/mol. The van der Waals surface area contributed by atoms with Crippen LogP contribution in [0.25, 0.3) is 21.9 Å². The molecule has 4 rings (SSSR count). The standard InChI is InChI=1S/C32H28F8O/c1-2-3-4-5-6-13-41-23-17-25(33)29(26(34)18-23)22-11-12-24-21(16-22)10-9-20(31(24)37)8-7-19-14-27(35)30(28(36)15-19)32(38,39)40/h9-12,14-18H,2-8,13H2,1H3. The van der Waals surface area contributed by atoms with Crippen LogP contribution < -0.4 is 4.74 Å². The third-order valence-electron chi connectivity index (χ3n) is 6.92. The molecule has 0 aliphatic rings. The molecule has 0 unspecified atom stereocenters. The molecular formula is C32H28F8O. The number of ether oxygens (including phenoxy) is 1. The van der Waals surface area contributed by atoms with E-state index in [-0.39, 0.29) is 46.2 Å². The maximum Gasteiger partial charge on any atom is 0.422 e. The maximum absolute atomic E-state index is 15.3. The van der Waals surface area contributed by atoms with Crippen LogP contribution in [0.5, 0.6) is 5.75 Å². The van der Waals surface area contributed by atoms with Gasteiger partial charge in [0.05, 0.1) is 12.2 Å². The molecule has 0 aliphatic heterocycles. The maximum atomic E-state index is 15.3. The van der Waals surface area contributed by atoms with E-state index >= 15 is 4.39 Å². The van der Waals surface area contributed by atoms with Gasteiger partial charge < -0.3 is 4.74 Å². The van der Waals surface area contributed by atoms with E-state index in [0.717, 1.165) is 44.2 Å². The molecular weight excluding hydrogens is 552 g/mol. The Labute approximate surface area is 232 Å². The second-order valence-corrected chi connectivity index (χ2v) is 9.93. The Hall–Kier alpha value is -3.62. The SMILES string of the molecule is CCCCCCCOc1cc(F)c(-c2ccc3c(F)c(CCc4cc(F)c(C(F)(F)F)c(F)c4)ccc3c2)c(F)c1. The molecule has 0 spiro atoms. The molecule has 0 bridgehead atoms. The van der Waals surface area contributed by atoms with Crippen LogP contribution >= 0.6 is 0 Å². The summed E-state index contributed by atoms with van der Waals surface area (Å²) >= 11 is 0. The van der Waals surface area contributed by atoms with Crippen molar-refractivity contribution in [2.75, 3.05) is 6.61 Å². The number of aryl methyl sites for hydroxylation is 2. The van der Waals surface area contributed by atoms with Crippen molar-refractivity contribution in [2.24, 2.45) is 0 Å². The van der Waals surface area contributed by atoms with E-state index in [9.17, 15) is 30.7 Å². The van der Waals surface area contributed by atoms with Gasteiger partial charge in [-0.15, -0.1) is 0 Å². The fourth-order valence-electron chi connectivity index (χ4n) is 4.81. The van der Waals surface area contributed by atoms with Crippen molar-refractivity contribution in [3.05, 3.63) is 100 Å². The number of fused-ring (bicyclic) bond motifs is 1. The van der Waals surface area contributed by atoms with Crippen molar-refractivity contribution < 1.29 is 39.9 Å². The second-order valence-electron chi connectivity index (χ2n) is 9.93. The molecule has 0 aliphatic carbocycles. The van der Waals surface area contributed by atoms with Crippen LogP contribution in [0.4, 0.5) is 35.1 Å². The molecule has 0 saturated carbocycles. The lowest BCUT2D eigenvalue weighted by molar-refractivity contribution is -0.142. The molecule has 9 heteroatoms. The lowest BCUT2D eigenvalue weighted by Gasteiger charge is -2.13. The molecule has 0 heterocycles. The lowest BCUT2D eigenvalue weighted by atomic mass is 9.96. The van der Waals surface area contributed by atoms with Gasteiger partial charge in [0.1, 0.15) is 40.4 Å². The van der Waals surface area contributed by atoms with E-state index in [1.54, 1.807) is 0 Å². The summed E-state index contributed by atoms with van der Waals surface area (Å²) in [6.45, 7) is 2.46. The Morgan fingerprint density at radius 3 is 1.98 bits per heavy atom. The summed E-state index contributed by atoms with van der Waals surface area (Å²) in [6, 6.07) is 10.6.